The summed E-state index contributed by atoms with van der Waals surface area (Å²) in [5.41, 5.74) is 2.30. The highest BCUT2D eigenvalue weighted by atomic mass is 32.1. The highest BCUT2D eigenvalue weighted by molar-refractivity contribution is 7.19. The Bertz CT molecular complexity index is 1120. The van der Waals surface area contributed by atoms with Crippen LogP contribution in [-0.2, 0) is 4.79 Å². The number of fused-ring (bicyclic) bond motifs is 1. The molecule has 0 spiro atoms. The first-order chi connectivity index (χ1) is 13.7. The number of thiazole rings is 1. The molecule has 0 N–H and O–H groups in total. The van der Waals surface area contributed by atoms with E-state index < -0.39 is 5.97 Å². The van der Waals surface area contributed by atoms with Crippen LogP contribution in [0, 0.1) is 0 Å². The van der Waals surface area contributed by atoms with Crippen LogP contribution in [0.15, 0.2) is 78.9 Å². The van der Waals surface area contributed by atoms with Crippen molar-refractivity contribution in [3.05, 3.63) is 89.4 Å². The maximum Gasteiger partial charge on any atom is 0.128 e. The minimum atomic E-state index is -1.14. The molecule has 0 aliphatic heterocycles. The van der Waals surface area contributed by atoms with Crippen LogP contribution < -0.4 is 9.84 Å². The number of carboxylic acid groups (broad SMARTS) is 1. The summed E-state index contributed by atoms with van der Waals surface area (Å²) in [6.45, 7) is 0. The van der Waals surface area contributed by atoms with Crippen molar-refractivity contribution in [3.63, 3.8) is 0 Å². The van der Waals surface area contributed by atoms with E-state index in [4.69, 9.17) is 4.74 Å². The molecule has 5 heteroatoms. The molecule has 138 valence electrons. The number of aliphatic carboxylic acids is 1. The number of hydrogen-bond acceptors (Lipinski definition) is 5. The summed E-state index contributed by atoms with van der Waals surface area (Å²) < 4.78 is 6.88. The van der Waals surface area contributed by atoms with Gasteiger partial charge in [0, 0.05) is 12.4 Å². The molecule has 4 rings (SSSR count). The molecule has 0 amide bonds. The maximum atomic E-state index is 11.3. The molecule has 28 heavy (non-hydrogen) atoms. The van der Waals surface area contributed by atoms with Gasteiger partial charge in [-0.3, -0.25) is 0 Å². The van der Waals surface area contributed by atoms with Gasteiger partial charge in [0.25, 0.3) is 0 Å². The van der Waals surface area contributed by atoms with E-state index in [1.54, 1.807) is 0 Å². The molecule has 0 bridgehead atoms. The lowest BCUT2D eigenvalue weighted by molar-refractivity contribution is -0.304. The van der Waals surface area contributed by atoms with Gasteiger partial charge >= 0.3 is 0 Å². The fourth-order valence-electron chi connectivity index (χ4n) is 2.85. The first-order valence-electron chi connectivity index (χ1n) is 8.77. The molecule has 0 radical (unpaired) electrons. The molecule has 0 saturated heterocycles. The van der Waals surface area contributed by atoms with E-state index in [-0.39, 0.29) is 6.42 Å². The molecular formula is C23H16NO3S-. The van der Waals surface area contributed by atoms with Crippen molar-refractivity contribution in [2.75, 3.05) is 0 Å². The lowest BCUT2D eigenvalue weighted by Gasteiger charge is -2.08. The highest BCUT2D eigenvalue weighted by Gasteiger charge is 2.10. The SMILES string of the molecule is O=C([O-])C/C(=C\c1cccc(Oc2ccccc2)c1)c1nc2ccccc2s1. The second-order valence-corrected chi connectivity index (χ2v) is 7.22. The second-order valence-electron chi connectivity index (χ2n) is 6.19. The Hall–Kier alpha value is -3.44. The Kier molecular flexibility index (Phi) is 5.17. The average Bonchev–Trinajstić information content (AvgIpc) is 3.12. The van der Waals surface area contributed by atoms with E-state index in [2.05, 4.69) is 4.98 Å². The predicted octanol–water partition coefficient (Wildman–Crippen LogP) is 4.77. The zero-order valence-electron chi connectivity index (χ0n) is 14.9. The fourth-order valence-corrected chi connectivity index (χ4v) is 3.83. The van der Waals surface area contributed by atoms with Crippen LogP contribution in [0.4, 0.5) is 0 Å². The zero-order valence-corrected chi connectivity index (χ0v) is 15.7. The van der Waals surface area contributed by atoms with E-state index in [1.165, 1.54) is 11.3 Å². The number of ether oxygens (including phenoxy) is 1. The summed E-state index contributed by atoms with van der Waals surface area (Å²) in [6.07, 6.45) is 1.62. The number of hydrogen-bond donors (Lipinski definition) is 0. The largest absolute Gasteiger partial charge is 0.550 e. The van der Waals surface area contributed by atoms with Gasteiger partial charge < -0.3 is 14.6 Å². The van der Waals surface area contributed by atoms with Crippen molar-refractivity contribution in [3.8, 4) is 11.5 Å². The quantitative estimate of drug-likeness (QED) is 0.479. The molecule has 1 heterocycles. The van der Waals surface area contributed by atoms with Crippen molar-refractivity contribution in [1.82, 2.24) is 4.98 Å². The van der Waals surface area contributed by atoms with E-state index in [1.807, 2.05) is 84.9 Å². The first-order valence-corrected chi connectivity index (χ1v) is 9.58. The van der Waals surface area contributed by atoms with Crippen molar-refractivity contribution in [1.29, 1.82) is 0 Å². The zero-order chi connectivity index (χ0) is 19.3. The number of benzene rings is 3. The summed E-state index contributed by atoms with van der Waals surface area (Å²) in [5, 5.41) is 12.0. The van der Waals surface area contributed by atoms with Gasteiger partial charge in [-0.05, 0) is 53.6 Å². The van der Waals surface area contributed by atoms with Crippen LogP contribution in [0.5, 0.6) is 11.5 Å². The molecule has 0 unspecified atom stereocenters. The molecule has 0 fully saturated rings. The second kappa shape index (κ2) is 8.06. The Morgan fingerprint density at radius 1 is 0.964 bits per heavy atom. The van der Waals surface area contributed by atoms with Gasteiger partial charge in [-0.2, -0.15) is 0 Å². The van der Waals surface area contributed by atoms with Crippen LogP contribution in [0.25, 0.3) is 21.9 Å². The monoisotopic (exact) mass is 386 g/mol. The third kappa shape index (κ3) is 4.27. The average molecular weight is 386 g/mol. The van der Waals surface area contributed by atoms with E-state index >= 15 is 0 Å². The third-order valence-corrected chi connectivity index (χ3v) is 5.19. The van der Waals surface area contributed by atoms with Gasteiger partial charge in [0.15, 0.2) is 0 Å². The lowest BCUT2D eigenvalue weighted by Crippen LogP contribution is -2.22. The summed E-state index contributed by atoms with van der Waals surface area (Å²) in [7, 11) is 0. The number of aromatic nitrogens is 1. The van der Waals surface area contributed by atoms with Gasteiger partial charge in [-0.1, -0.05) is 42.5 Å². The number of rotatable bonds is 6. The molecule has 0 saturated carbocycles. The molecule has 0 aliphatic carbocycles. The minimum absolute atomic E-state index is 0.205. The molecule has 4 nitrogen and oxygen atoms in total. The van der Waals surface area contributed by atoms with Crippen LogP contribution >= 0.6 is 11.3 Å². The Labute approximate surface area is 166 Å². The fraction of sp³-hybridized carbons (Fsp3) is 0.0435. The van der Waals surface area contributed by atoms with E-state index in [0.29, 0.717) is 16.3 Å². The number of para-hydroxylation sites is 2. The third-order valence-electron chi connectivity index (χ3n) is 4.08. The maximum absolute atomic E-state index is 11.3. The van der Waals surface area contributed by atoms with Crippen molar-refractivity contribution < 1.29 is 14.6 Å². The summed E-state index contributed by atoms with van der Waals surface area (Å²) in [6, 6.07) is 24.8. The normalized spacial score (nSPS) is 11.5. The summed E-state index contributed by atoms with van der Waals surface area (Å²) in [5.74, 6) is 0.281. The van der Waals surface area contributed by atoms with Gasteiger partial charge in [0.1, 0.15) is 16.5 Å². The number of carboxylic acids is 1. The molecular weight excluding hydrogens is 370 g/mol. The summed E-state index contributed by atoms with van der Waals surface area (Å²) >= 11 is 1.47. The van der Waals surface area contributed by atoms with Crippen molar-refractivity contribution in [2.24, 2.45) is 0 Å². The van der Waals surface area contributed by atoms with Crippen LogP contribution in [0.3, 0.4) is 0 Å². The Balaban J connectivity index is 1.68. The van der Waals surface area contributed by atoms with Crippen LogP contribution in [-0.4, -0.2) is 11.0 Å². The van der Waals surface area contributed by atoms with Crippen LogP contribution in [0.2, 0.25) is 0 Å². The van der Waals surface area contributed by atoms with Gasteiger partial charge in [0.2, 0.25) is 0 Å². The van der Waals surface area contributed by atoms with E-state index in [0.717, 1.165) is 21.5 Å². The van der Waals surface area contributed by atoms with Gasteiger partial charge in [0.05, 0.1) is 10.2 Å². The highest BCUT2D eigenvalue weighted by Crippen LogP contribution is 2.31. The molecule has 3 aromatic carbocycles. The molecule has 0 aliphatic rings. The molecule has 0 atom stereocenters. The minimum Gasteiger partial charge on any atom is -0.550 e. The molecule has 1 aromatic heterocycles. The van der Waals surface area contributed by atoms with Gasteiger partial charge in [-0.25, -0.2) is 4.98 Å². The number of carbonyl (C=O) groups excluding carboxylic acids is 1. The van der Waals surface area contributed by atoms with Crippen LogP contribution in [0.1, 0.15) is 17.0 Å². The Morgan fingerprint density at radius 2 is 1.71 bits per heavy atom. The molecule has 4 aromatic rings. The first kappa shape index (κ1) is 17.9. The lowest BCUT2D eigenvalue weighted by atomic mass is 10.1. The number of nitrogens with zero attached hydrogens (tertiary/aromatic N) is 1. The summed E-state index contributed by atoms with van der Waals surface area (Å²) in [4.78, 5) is 15.9. The smallest absolute Gasteiger partial charge is 0.128 e. The van der Waals surface area contributed by atoms with Crippen molar-refractivity contribution >= 4 is 39.2 Å². The number of carbonyl (C=O) groups is 1. The van der Waals surface area contributed by atoms with Crippen molar-refractivity contribution in [2.45, 2.75) is 6.42 Å². The standard InChI is InChI=1S/C23H17NO3S/c25-22(26)15-17(23-24-20-11-4-5-12-21(20)28-23)13-16-7-6-10-19(14-16)27-18-8-2-1-3-9-18/h1-14H,15H2,(H,25,26)/p-1/b17-13+. The van der Waals surface area contributed by atoms with E-state index in [9.17, 15) is 9.90 Å². The van der Waals surface area contributed by atoms with Gasteiger partial charge in [-0.15, -0.1) is 11.3 Å². The predicted molar refractivity (Wildman–Crippen MR) is 110 cm³/mol. The Morgan fingerprint density at radius 3 is 2.50 bits per heavy atom. The topological polar surface area (TPSA) is 62.2 Å².